The van der Waals surface area contributed by atoms with Crippen LogP contribution in [0.25, 0.3) is 11.1 Å². The van der Waals surface area contributed by atoms with E-state index < -0.39 is 11.6 Å². The van der Waals surface area contributed by atoms with Crippen molar-refractivity contribution in [2.45, 2.75) is 26.4 Å². The largest absolute Gasteiger partial charge is 0.335 e. The first kappa shape index (κ1) is 18.3. The standard InChI is InChI=1S/C21H18F3N3O/c1-13-8-14(9-18(23)21(13)24)10-20(28)26-6-7-27-19(12-26)17(11-25-27)15-2-4-16(22)5-3-15/h2-5,8-9,11H,6-7,10,12H2,1H3. The Hall–Kier alpha value is -3.09. The van der Waals surface area contributed by atoms with Gasteiger partial charge in [-0.2, -0.15) is 5.10 Å². The Bertz CT molecular complexity index is 1020. The van der Waals surface area contributed by atoms with Crippen LogP contribution in [0.3, 0.4) is 0 Å². The van der Waals surface area contributed by atoms with E-state index in [0.717, 1.165) is 22.9 Å². The highest BCUT2D eigenvalue weighted by molar-refractivity contribution is 5.79. The van der Waals surface area contributed by atoms with Gasteiger partial charge in [-0.15, -0.1) is 0 Å². The van der Waals surface area contributed by atoms with Crippen molar-refractivity contribution >= 4 is 5.91 Å². The van der Waals surface area contributed by atoms with Crippen molar-refractivity contribution in [3.05, 3.63) is 76.9 Å². The Balaban J connectivity index is 1.54. The minimum absolute atomic E-state index is 0.00193. The number of rotatable bonds is 3. The number of hydrogen-bond donors (Lipinski definition) is 0. The Labute approximate surface area is 160 Å². The number of benzene rings is 2. The molecule has 28 heavy (non-hydrogen) atoms. The molecule has 0 N–H and O–H groups in total. The van der Waals surface area contributed by atoms with Gasteiger partial charge in [0.15, 0.2) is 11.6 Å². The molecule has 0 fully saturated rings. The number of amides is 1. The molecule has 0 aliphatic carbocycles. The fourth-order valence-electron chi connectivity index (χ4n) is 3.52. The summed E-state index contributed by atoms with van der Waals surface area (Å²) in [7, 11) is 0. The first-order valence-electron chi connectivity index (χ1n) is 8.95. The van der Waals surface area contributed by atoms with Crippen LogP contribution in [0.2, 0.25) is 0 Å². The Morgan fingerprint density at radius 1 is 1.11 bits per heavy atom. The van der Waals surface area contributed by atoms with E-state index in [-0.39, 0.29) is 23.7 Å². The Morgan fingerprint density at radius 3 is 2.57 bits per heavy atom. The van der Waals surface area contributed by atoms with Crippen molar-refractivity contribution in [3.8, 4) is 11.1 Å². The zero-order valence-electron chi connectivity index (χ0n) is 15.3. The van der Waals surface area contributed by atoms with Crippen LogP contribution in [-0.4, -0.2) is 27.1 Å². The molecule has 0 unspecified atom stereocenters. The number of aryl methyl sites for hydroxylation is 1. The topological polar surface area (TPSA) is 38.1 Å². The molecule has 1 amide bonds. The molecular weight excluding hydrogens is 367 g/mol. The number of carbonyl (C=O) groups is 1. The van der Waals surface area contributed by atoms with Gasteiger partial charge in [-0.3, -0.25) is 9.48 Å². The molecule has 1 aliphatic heterocycles. The molecule has 4 nitrogen and oxygen atoms in total. The molecule has 1 aliphatic rings. The summed E-state index contributed by atoms with van der Waals surface area (Å²) >= 11 is 0. The van der Waals surface area contributed by atoms with E-state index in [1.54, 1.807) is 23.2 Å². The Morgan fingerprint density at radius 2 is 1.86 bits per heavy atom. The summed E-state index contributed by atoms with van der Waals surface area (Å²) in [5.74, 6) is -2.31. The summed E-state index contributed by atoms with van der Waals surface area (Å²) < 4.78 is 42.1. The minimum atomic E-state index is -0.946. The molecule has 2 aromatic carbocycles. The first-order chi connectivity index (χ1) is 13.4. The number of halogens is 3. The van der Waals surface area contributed by atoms with Gasteiger partial charge in [0, 0.05) is 12.1 Å². The summed E-state index contributed by atoms with van der Waals surface area (Å²) in [5.41, 5.74) is 3.17. The smallest absolute Gasteiger partial charge is 0.227 e. The monoisotopic (exact) mass is 385 g/mol. The van der Waals surface area contributed by atoms with Gasteiger partial charge in [-0.1, -0.05) is 18.2 Å². The van der Waals surface area contributed by atoms with Crippen molar-refractivity contribution in [1.82, 2.24) is 14.7 Å². The van der Waals surface area contributed by atoms with Gasteiger partial charge in [0.1, 0.15) is 5.82 Å². The van der Waals surface area contributed by atoms with Gasteiger partial charge < -0.3 is 4.90 Å². The van der Waals surface area contributed by atoms with Crippen LogP contribution in [0.4, 0.5) is 13.2 Å². The second-order valence-electron chi connectivity index (χ2n) is 6.94. The number of carbonyl (C=O) groups excluding carboxylic acids is 1. The number of aromatic nitrogens is 2. The molecule has 7 heteroatoms. The van der Waals surface area contributed by atoms with Crippen molar-refractivity contribution < 1.29 is 18.0 Å². The molecule has 144 valence electrons. The lowest BCUT2D eigenvalue weighted by Gasteiger charge is -2.28. The van der Waals surface area contributed by atoms with Crippen molar-refractivity contribution in [1.29, 1.82) is 0 Å². The molecule has 0 atom stereocenters. The highest BCUT2D eigenvalue weighted by Crippen LogP contribution is 2.27. The second kappa shape index (κ2) is 7.14. The molecule has 3 aromatic rings. The van der Waals surface area contributed by atoms with Gasteiger partial charge >= 0.3 is 0 Å². The molecule has 0 bridgehead atoms. The van der Waals surface area contributed by atoms with Crippen molar-refractivity contribution in [3.63, 3.8) is 0 Å². The van der Waals surface area contributed by atoms with E-state index in [1.807, 2.05) is 4.68 Å². The van der Waals surface area contributed by atoms with Crippen LogP contribution >= 0.6 is 0 Å². The van der Waals surface area contributed by atoms with E-state index in [0.29, 0.717) is 25.2 Å². The molecular formula is C21H18F3N3O. The van der Waals surface area contributed by atoms with Crippen LogP contribution in [0, 0.1) is 24.4 Å². The van der Waals surface area contributed by atoms with Gasteiger partial charge in [0.2, 0.25) is 5.91 Å². The Kier molecular flexibility index (Phi) is 4.66. The molecule has 0 saturated carbocycles. The highest BCUT2D eigenvalue weighted by atomic mass is 19.2. The fraction of sp³-hybridized carbons (Fsp3) is 0.238. The average Bonchev–Trinajstić information content (AvgIpc) is 3.10. The predicted molar refractivity (Wildman–Crippen MR) is 97.8 cm³/mol. The number of nitrogens with zero attached hydrogens (tertiary/aromatic N) is 3. The van der Waals surface area contributed by atoms with Crippen LogP contribution in [0.15, 0.2) is 42.6 Å². The quantitative estimate of drug-likeness (QED) is 0.687. The van der Waals surface area contributed by atoms with Gasteiger partial charge in [0.05, 0.1) is 31.4 Å². The molecule has 0 radical (unpaired) electrons. The van der Waals surface area contributed by atoms with Gasteiger partial charge in [-0.05, 0) is 41.8 Å². The fourth-order valence-corrected chi connectivity index (χ4v) is 3.52. The van der Waals surface area contributed by atoms with Crippen LogP contribution in [-0.2, 0) is 24.3 Å². The predicted octanol–water partition coefficient (Wildman–Crippen LogP) is 3.86. The zero-order valence-corrected chi connectivity index (χ0v) is 15.3. The van der Waals surface area contributed by atoms with E-state index in [9.17, 15) is 18.0 Å². The average molecular weight is 385 g/mol. The maximum absolute atomic E-state index is 13.6. The lowest BCUT2D eigenvalue weighted by atomic mass is 10.0. The molecule has 0 saturated heterocycles. The van der Waals surface area contributed by atoms with Crippen LogP contribution in [0.5, 0.6) is 0 Å². The highest BCUT2D eigenvalue weighted by Gasteiger charge is 2.25. The summed E-state index contributed by atoms with van der Waals surface area (Å²) in [6, 6.07) is 8.69. The third kappa shape index (κ3) is 3.40. The summed E-state index contributed by atoms with van der Waals surface area (Å²) in [4.78, 5) is 14.4. The molecule has 4 rings (SSSR count). The van der Waals surface area contributed by atoms with Crippen LogP contribution < -0.4 is 0 Å². The number of hydrogen-bond acceptors (Lipinski definition) is 2. The van der Waals surface area contributed by atoms with Crippen molar-refractivity contribution in [2.24, 2.45) is 0 Å². The van der Waals surface area contributed by atoms with Crippen LogP contribution in [0.1, 0.15) is 16.8 Å². The van der Waals surface area contributed by atoms with E-state index in [4.69, 9.17) is 0 Å². The minimum Gasteiger partial charge on any atom is -0.335 e. The first-order valence-corrected chi connectivity index (χ1v) is 8.95. The lowest BCUT2D eigenvalue weighted by molar-refractivity contribution is -0.131. The maximum atomic E-state index is 13.6. The third-order valence-corrected chi connectivity index (χ3v) is 5.00. The molecule has 1 aromatic heterocycles. The van der Waals surface area contributed by atoms with Crippen molar-refractivity contribution in [2.75, 3.05) is 6.54 Å². The second-order valence-corrected chi connectivity index (χ2v) is 6.94. The van der Waals surface area contributed by atoms with Gasteiger partial charge in [0.25, 0.3) is 0 Å². The summed E-state index contributed by atoms with van der Waals surface area (Å²) in [6.07, 6.45) is 1.72. The van der Waals surface area contributed by atoms with E-state index in [2.05, 4.69) is 5.10 Å². The van der Waals surface area contributed by atoms with Gasteiger partial charge in [-0.25, -0.2) is 13.2 Å². The van der Waals surface area contributed by atoms with E-state index >= 15 is 0 Å². The molecule has 2 heterocycles. The summed E-state index contributed by atoms with van der Waals surface area (Å²) in [6.45, 7) is 2.85. The normalized spacial score (nSPS) is 13.5. The maximum Gasteiger partial charge on any atom is 0.227 e. The zero-order chi connectivity index (χ0) is 19.8. The van der Waals surface area contributed by atoms with E-state index in [1.165, 1.54) is 25.1 Å². The molecule has 0 spiro atoms. The number of fused-ring (bicyclic) bond motifs is 1. The lowest BCUT2D eigenvalue weighted by Crippen LogP contribution is -2.39. The summed E-state index contributed by atoms with van der Waals surface area (Å²) in [5, 5.41) is 4.36. The SMILES string of the molecule is Cc1cc(CC(=O)N2CCn3ncc(-c4ccc(F)cc4)c3C2)cc(F)c1F. The third-order valence-electron chi connectivity index (χ3n) is 5.00.